The Labute approximate surface area is 195 Å². The topological polar surface area (TPSA) is 63.1 Å². The molecule has 3 heterocycles. The van der Waals surface area contributed by atoms with Gasteiger partial charge in [-0.25, -0.2) is 4.98 Å². The van der Waals surface area contributed by atoms with Gasteiger partial charge in [0.25, 0.3) is 5.91 Å². The van der Waals surface area contributed by atoms with E-state index in [1.165, 1.54) is 10.4 Å². The fraction of sp³-hybridized carbons (Fsp3) is 0.208. The molecule has 162 valence electrons. The number of halogens is 1. The van der Waals surface area contributed by atoms with Crippen molar-refractivity contribution in [3.63, 3.8) is 0 Å². The number of hydrogen-bond acceptors (Lipinski definition) is 5. The van der Waals surface area contributed by atoms with Crippen molar-refractivity contribution in [3.05, 3.63) is 99.3 Å². The van der Waals surface area contributed by atoms with Crippen LogP contribution in [0.25, 0.3) is 0 Å². The summed E-state index contributed by atoms with van der Waals surface area (Å²) in [5.41, 5.74) is 3.85. The molecule has 6 nitrogen and oxygen atoms in total. The van der Waals surface area contributed by atoms with Crippen LogP contribution in [-0.4, -0.2) is 32.1 Å². The maximum atomic E-state index is 12.7. The van der Waals surface area contributed by atoms with Crippen LogP contribution in [0.4, 0.5) is 5.13 Å². The van der Waals surface area contributed by atoms with Gasteiger partial charge in [0.15, 0.2) is 5.13 Å². The van der Waals surface area contributed by atoms with Crippen LogP contribution in [0.3, 0.4) is 0 Å². The zero-order valence-corrected chi connectivity index (χ0v) is 18.9. The molecule has 0 atom stereocenters. The van der Waals surface area contributed by atoms with Gasteiger partial charge in [0.1, 0.15) is 0 Å². The van der Waals surface area contributed by atoms with Crippen molar-refractivity contribution in [2.45, 2.75) is 26.1 Å². The minimum atomic E-state index is -0.206. The van der Waals surface area contributed by atoms with Crippen LogP contribution in [0.5, 0.6) is 0 Å². The second-order valence-electron chi connectivity index (χ2n) is 7.81. The fourth-order valence-electron chi connectivity index (χ4n) is 3.82. The molecule has 1 aliphatic heterocycles. The molecule has 1 aliphatic rings. The summed E-state index contributed by atoms with van der Waals surface area (Å²) in [7, 11) is 0. The number of hydrogen-bond donors (Lipinski definition) is 1. The molecule has 2 aromatic heterocycles. The lowest BCUT2D eigenvalue weighted by molar-refractivity contribution is 0.102. The molecule has 2 aromatic carbocycles. The average molecular weight is 464 g/mol. The molecule has 32 heavy (non-hydrogen) atoms. The smallest absolute Gasteiger partial charge is 0.260 e. The average Bonchev–Trinajstić information content (AvgIpc) is 3.42. The molecule has 0 saturated carbocycles. The normalized spacial score (nSPS) is 13.7. The van der Waals surface area contributed by atoms with E-state index < -0.39 is 0 Å². The maximum Gasteiger partial charge on any atom is 0.260 e. The Morgan fingerprint density at radius 3 is 2.75 bits per heavy atom. The number of carbonyl (C=O) groups excluding carboxylic acids is 1. The van der Waals surface area contributed by atoms with Gasteiger partial charge in [-0.1, -0.05) is 60.1 Å². The molecule has 4 aromatic rings. The summed E-state index contributed by atoms with van der Waals surface area (Å²) in [6.07, 6.45) is 4.19. The Bertz CT molecular complexity index is 1240. The third kappa shape index (κ3) is 4.75. The molecular weight excluding hydrogens is 442 g/mol. The van der Waals surface area contributed by atoms with Gasteiger partial charge in [-0.15, -0.1) is 11.3 Å². The number of aromatic nitrogens is 3. The minimum absolute atomic E-state index is 0.206. The van der Waals surface area contributed by atoms with Crippen molar-refractivity contribution in [3.8, 4) is 0 Å². The summed E-state index contributed by atoms with van der Waals surface area (Å²) < 4.78 is 1.71. The van der Waals surface area contributed by atoms with E-state index in [-0.39, 0.29) is 5.91 Å². The number of anilines is 1. The summed E-state index contributed by atoms with van der Waals surface area (Å²) in [5.74, 6) is -0.206. The van der Waals surface area contributed by atoms with Crippen molar-refractivity contribution in [2.75, 3.05) is 11.9 Å². The van der Waals surface area contributed by atoms with Gasteiger partial charge in [0.05, 0.1) is 24.0 Å². The Hall–Kier alpha value is -3.00. The first-order valence-electron chi connectivity index (χ1n) is 10.5. The van der Waals surface area contributed by atoms with Gasteiger partial charge in [-0.05, 0) is 17.2 Å². The molecule has 8 heteroatoms. The standard InChI is InChI=1S/C24H22ClN5OS/c25-20-9-5-4-8-18(20)14-30-15-19(12-26-30)23(31)28-24-27-21-10-11-29(16-22(21)32-24)13-17-6-2-1-3-7-17/h1-9,12,15H,10-11,13-14,16H2,(H,27,28,31). The van der Waals surface area contributed by atoms with Crippen molar-refractivity contribution in [2.24, 2.45) is 0 Å². The SMILES string of the molecule is O=C(Nc1nc2c(s1)CN(Cc1ccccc1)CC2)c1cnn(Cc2ccccc2Cl)c1. The van der Waals surface area contributed by atoms with E-state index in [2.05, 4.69) is 44.6 Å². The minimum Gasteiger partial charge on any atom is -0.298 e. The highest BCUT2D eigenvalue weighted by atomic mass is 35.5. The van der Waals surface area contributed by atoms with E-state index in [1.54, 1.807) is 28.4 Å². The number of thiazole rings is 1. The van der Waals surface area contributed by atoms with Crippen LogP contribution in [0.2, 0.25) is 5.02 Å². The van der Waals surface area contributed by atoms with Crippen LogP contribution < -0.4 is 5.32 Å². The summed E-state index contributed by atoms with van der Waals surface area (Å²) in [5, 5.41) is 8.57. The molecule has 1 N–H and O–H groups in total. The Morgan fingerprint density at radius 2 is 1.91 bits per heavy atom. The summed E-state index contributed by atoms with van der Waals surface area (Å²) in [4.78, 5) is 21.0. The highest BCUT2D eigenvalue weighted by molar-refractivity contribution is 7.15. The van der Waals surface area contributed by atoms with Gasteiger partial charge < -0.3 is 0 Å². The number of benzene rings is 2. The number of fused-ring (bicyclic) bond motifs is 1. The molecule has 0 fully saturated rings. The highest BCUT2D eigenvalue weighted by Crippen LogP contribution is 2.29. The zero-order chi connectivity index (χ0) is 21.9. The quantitative estimate of drug-likeness (QED) is 0.444. The first-order valence-corrected chi connectivity index (χ1v) is 11.7. The molecule has 0 unspecified atom stereocenters. The monoisotopic (exact) mass is 463 g/mol. The van der Waals surface area contributed by atoms with Gasteiger partial charge in [-0.3, -0.25) is 19.7 Å². The van der Waals surface area contributed by atoms with Gasteiger partial charge >= 0.3 is 0 Å². The van der Waals surface area contributed by atoms with Crippen LogP contribution in [-0.2, 0) is 26.1 Å². The van der Waals surface area contributed by atoms with Gasteiger partial charge in [0.2, 0.25) is 0 Å². The maximum absolute atomic E-state index is 12.7. The van der Waals surface area contributed by atoms with Gasteiger partial charge in [-0.2, -0.15) is 5.10 Å². The third-order valence-corrected chi connectivity index (χ3v) is 6.83. The molecule has 0 saturated heterocycles. The first-order chi connectivity index (χ1) is 15.6. The Morgan fingerprint density at radius 1 is 1.09 bits per heavy atom. The lowest BCUT2D eigenvalue weighted by Crippen LogP contribution is -2.29. The van der Waals surface area contributed by atoms with E-state index in [0.717, 1.165) is 37.3 Å². The van der Waals surface area contributed by atoms with Crippen LogP contribution in [0.15, 0.2) is 67.0 Å². The fourth-order valence-corrected chi connectivity index (χ4v) is 5.06. The van der Waals surface area contributed by atoms with E-state index in [0.29, 0.717) is 22.3 Å². The molecule has 0 spiro atoms. The van der Waals surface area contributed by atoms with E-state index >= 15 is 0 Å². The van der Waals surface area contributed by atoms with Crippen LogP contribution in [0.1, 0.15) is 32.1 Å². The number of nitrogens with zero attached hydrogens (tertiary/aromatic N) is 4. The summed E-state index contributed by atoms with van der Waals surface area (Å²) >= 11 is 7.78. The predicted molar refractivity (Wildman–Crippen MR) is 127 cm³/mol. The van der Waals surface area contributed by atoms with Crippen molar-refractivity contribution < 1.29 is 4.79 Å². The third-order valence-electron chi connectivity index (χ3n) is 5.47. The van der Waals surface area contributed by atoms with E-state index in [4.69, 9.17) is 11.6 Å². The molecule has 0 radical (unpaired) electrons. The molecule has 0 bridgehead atoms. The second kappa shape index (κ2) is 9.24. The van der Waals surface area contributed by atoms with Crippen LogP contribution in [0, 0.1) is 0 Å². The summed E-state index contributed by atoms with van der Waals surface area (Å²) in [6, 6.07) is 18.1. The second-order valence-corrected chi connectivity index (χ2v) is 9.30. The first kappa shape index (κ1) is 20.9. The van der Waals surface area contributed by atoms with Crippen molar-refractivity contribution in [1.29, 1.82) is 0 Å². The lowest BCUT2D eigenvalue weighted by Gasteiger charge is -2.25. The van der Waals surface area contributed by atoms with Crippen LogP contribution >= 0.6 is 22.9 Å². The Kier molecular flexibility index (Phi) is 6.03. The predicted octanol–water partition coefficient (Wildman–Crippen LogP) is 4.85. The number of amides is 1. The number of carbonyl (C=O) groups is 1. The number of nitrogens with one attached hydrogen (secondary N) is 1. The zero-order valence-electron chi connectivity index (χ0n) is 17.4. The number of rotatable bonds is 6. The molecule has 1 amide bonds. The molecule has 0 aliphatic carbocycles. The lowest BCUT2D eigenvalue weighted by atomic mass is 10.1. The van der Waals surface area contributed by atoms with E-state index in [9.17, 15) is 4.79 Å². The largest absolute Gasteiger partial charge is 0.298 e. The molecular formula is C24H22ClN5OS. The summed E-state index contributed by atoms with van der Waals surface area (Å²) in [6.45, 7) is 3.25. The van der Waals surface area contributed by atoms with Crippen molar-refractivity contribution in [1.82, 2.24) is 19.7 Å². The van der Waals surface area contributed by atoms with Crippen molar-refractivity contribution >= 4 is 34.0 Å². The van der Waals surface area contributed by atoms with Gasteiger partial charge in [0, 0.05) is 42.2 Å². The highest BCUT2D eigenvalue weighted by Gasteiger charge is 2.22. The molecule has 5 rings (SSSR count). The van der Waals surface area contributed by atoms with E-state index in [1.807, 2.05) is 30.3 Å². The Balaban J connectivity index is 1.22.